The van der Waals surface area contributed by atoms with Crippen molar-refractivity contribution in [3.63, 3.8) is 0 Å². The molecule has 1 aromatic rings. The summed E-state index contributed by atoms with van der Waals surface area (Å²) in [5.74, 6) is -1.89. The van der Waals surface area contributed by atoms with Crippen LogP contribution < -0.4 is 5.32 Å². The van der Waals surface area contributed by atoms with Crippen LogP contribution in [0, 0.1) is 0 Å². The van der Waals surface area contributed by atoms with E-state index in [0.717, 1.165) is 12.0 Å². The largest absolute Gasteiger partial charge is 0.481 e. The van der Waals surface area contributed by atoms with E-state index >= 15 is 0 Å². The average Bonchev–Trinajstić information content (AvgIpc) is 2.26. The first kappa shape index (κ1) is 10.7. The minimum Gasteiger partial charge on any atom is -0.481 e. The van der Waals surface area contributed by atoms with Gasteiger partial charge in [-0.25, -0.2) is 0 Å². The third-order valence-corrected chi connectivity index (χ3v) is 2.86. The van der Waals surface area contributed by atoms with Crippen LogP contribution in [0.2, 0.25) is 0 Å². The molecule has 1 heterocycles. The fourth-order valence-electron chi connectivity index (χ4n) is 1.95. The summed E-state index contributed by atoms with van der Waals surface area (Å²) in [4.78, 5) is 22.4. The number of carboxylic acids is 1. The van der Waals surface area contributed by atoms with Crippen molar-refractivity contribution in [1.82, 2.24) is 0 Å². The zero-order chi connectivity index (χ0) is 11.7. The van der Waals surface area contributed by atoms with Crippen LogP contribution in [0.4, 0.5) is 5.69 Å². The number of amides is 1. The Morgan fingerprint density at radius 3 is 2.94 bits per heavy atom. The number of hydrogen-bond donors (Lipinski definition) is 2. The normalized spacial score (nSPS) is 18.8. The van der Waals surface area contributed by atoms with E-state index in [1.54, 1.807) is 6.07 Å². The van der Waals surface area contributed by atoms with Gasteiger partial charge in [-0.15, -0.1) is 0 Å². The number of anilines is 1. The van der Waals surface area contributed by atoms with Crippen LogP contribution in [0.1, 0.15) is 30.4 Å². The first-order chi connectivity index (χ1) is 7.61. The maximum Gasteiger partial charge on any atom is 0.311 e. The van der Waals surface area contributed by atoms with E-state index in [0.29, 0.717) is 11.3 Å². The second-order valence-corrected chi connectivity index (χ2v) is 3.92. The van der Waals surface area contributed by atoms with E-state index < -0.39 is 11.9 Å². The lowest BCUT2D eigenvalue weighted by Crippen LogP contribution is -2.27. The Balaban J connectivity index is 2.47. The molecule has 1 aromatic carbocycles. The van der Waals surface area contributed by atoms with Gasteiger partial charge in [0.25, 0.3) is 0 Å². The van der Waals surface area contributed by atoms with Gasteiger partial charge in [0.05, 0.1) is 5.92 Å². The van der Waals surface area contributed by atoms with Crippen LogP contribution in [-0.4, -0.2) is 17.0 Å². The molecule has 4 nitrogen and oxygen atoms in total. The smallest absolute Gasteiger partial charge is 0.311 e. The Labute approximate surface area is 93.3 Å². The number of nitrogens with one attached hydrogen (secondary N) is 1. The number of rotatable bonds is 2. The molecule has 0 saturated heterocycles. The van der Waals surface area contributed by atoms with Crippen molar-refractivity contribution in [2.75, 3.05) is 5.32 Å². The second-order valence-electron chi connectivity index (χ2n) is 3.92. The predicted octanol–water partition coefficient (Wildman–Crippen LogP) is 1.76. The topological polar surface area (TPSA) is 66.4 Å². The number of fused-ring (bicyclic) bond motifs is 1. The van der Waals surface area contributed by atoms with Gasteiger partial charge >= 0.3 is 5.97 Å². The molecule has 0 aliphatic carbocycles. The number of hydrogen-bond acceptors (Lipinski definition) is 2. The Kier molecular flexibility index (Phi) is 2.64. The van der Waals surface area contributed by atoms with Gasteiger partial charge in [0, 0.05) is 12.1 Å². The summed E-state index contributed by atoms with van der Waals surface area (Å²) in [6.07, 6.45) is 0.884. The van der Waals surface area contributed by atoms with Crippen molar-refractivity contribution in [2.45, 2.75) is 25.7 Å². The van der Waals surface area contributed by atoms with Crippen molar-refractivity contribution in [3.05, 3.63) is 29.3 Å². The monoisotopic (exact) mass is 219 g/mol. The highest BCUT2D eigenvalue weighted by Gasteiger charge is 2.30. The average molecular weight is 219 g/mol. The lowest BCUT2D eigenvalue weighted by atomic mass is 9.89. The third kappa shape index (κ3) is 1.78. The zero-order valence-corrected chi connectivity index (χ0v) is 8.99. The fraction of sp³-hybridized carbons (Fsp3) is 0.333. The summed E-state index contributed by atoms with van der Waals surface area (Å²) in [6, 6.07) is 5.56. The van der Waals surface area contributed by atoms with E-state index in [-0.39, 0.29) is 12.3 Å². The molecule has 0 bridgehead atoms. The van der Waals surface area contributed by atoms with E-state index in [1.807, 2.05) is 19.1 Å². The summed E-state index contributed by atoms with van der Waals surface area (Å²) in [7, 11) is 0. The molecule has 4 heteroatoms. The standard InChI is InChI=1S/C12H13NO3/c1-2-7-3-4-8-9(12(15)16)6-11(14)13-10(8)5-7/h3-5,9H,2,6H2,1H3,(H,13,14)(H,15,16). The Morgan fingerprint density at radius 1 is 1.56 bits per heavy atom. The third-order valence-electron chi connectivity index (χ3n) is 2.86. The summed E-state index contributed by atoms with van der Waals surface area (Å²) in [5, 5.41) is 11.8. The number of aliphatic carboxylic acids is 1. The zero-order valence-electron chi connectivity index (χ0n) is 8.99. The maximum atomic E-state index is 11.4. The molecular weight excluding hydrogens is 206 g/mol. The van der Waals surface area contributed by atoms with Gasteiger partial charge in [0.2, 0.25) is 5.91 Å². The van der Waals surface area contributed by atoms with Crippen LogP contribution in [0.5, 0.6) is 0 Å². The van der Waals surface area contributed by atoms with E-state index in [2.05, 4.69) is 5.32 Å². The van der Waals surface area contributed by atoms with E-state index in [4.69, 9.17) is 5.11 Å². The first-order valence-electron chi connectivity index (χ1n) is 5.27. The minimum absolute atomic E-state index is 0.0216. The van der Waals surface area contributed by atoms with Crippen LogP contribution in [0.15, 0.2) is 18.2 Å². The van der Waals surface area contributed by atoms with Gasteiger partial charge in [-0.2, -0.15) is 0 Å². The van der Waals surface area contributed by atoms with Crippen LogP contribution in [0.25, 0.3) is 0 Å². The number of carbonyl (C=O) groups excluding carboxylic acids is 1. The first-order valence-corrected chi connectivity index (χ1v) is 5.27. The van der Waals surface area contributed by atoms with Crippen LogP contribution in [-0.2, 0) is 16.0 Å². The molecule has 1 unspecified atom stereocenters. The van der Waals surface area contributed by atoms with Crippen LogP contribution in [0.3, 0.4) is 0 Å². The molecule has 2 rings (SSSR count). The molecule has 0 fully saturated rings. The van der Waals surface area contributed by atoms with Crippen LogP contribution >= 0.6 is 0 Å². The van der Waals surface area contributed by atoms with Crippen molar-refractivity contribution in [2.24, 2.45) is 0 Å². The minimum atomic E-state index is -0.944. The van der Waals surface area contributed by atoms with Gasteiger partial charge < -0.3 is 10.4 Å². The molecule has 0 saturated carbocycles. The number of carbonyl (C=O) groups is 2. The predicted molar refractivity (Wildman–Crippen MR) is 59.4 cm³/mol. The van der Waals surface area contributed by atoms with Gasteiger partial charge in [0.15, 0.2) is 0 Å². The molecule has 1 amide bonds. The van der Waals surface area contributed by atoms with Crippen molar-refractivity contribution in [1.29, 1.82) is 0 Å². The summed E-state index contributed by atoms with van der Waals surface area (Å²) >= 11 is 0. The molecule has 1 aliphatic rings. The van der Waals surface area contributed by atoms with Crippen molar-refractivity contribution < 1.29 is 14.7 Å². The highest BCUT2D eigenvalue weighted by atomic mass is 16.4. The molecule has 0 spiro atoms. The lowest BCUT2D eigenvalue weighted by Gasteiger charge is -2.23. The summed E-state index contributed by atoms with van der Waals surface area (Å²) in [6.45, 7) is 2.01. The number of benzene rings is 1. The molecule has 84 valence electrons. The Bertz CT molecular complexity index is 454. The van der Waals surface area contributed by atoms with Gasteiger partial charge in [0.1, 0.15) is 0 Å². The highest BCUT2D eigenvalue weighted by Crippen LogP contribution is 2.33. The fourth-order valence-corrected chi connectivity index (χ4v) is 1.95. The number of aryl methyl sites for hydroxylation is 1. The Hall–Kier alpha value is -1.84. The SMILES string of the molecule is CCc1ccc2c(c1)NC(=O)CC2C(=O)O. The highest BCUT2D eigenvalue weighted by molar-refractivity contribution is 5.99. The molecule has 0 aromatic heterocycles. The summed E-state index contributed by atoms with van der Waals surface area (Å²) < 4.78 is 0. The van der Waals surface area contributed by atoms with Gasteiger partial charge in [-0.1, -0.05) is 19.1 Å². The maximum absolute atomic E-state index is 11.4. The van der Waals surface area contributed by atoms with Crippen molar-refractivity contribution in [3.8, 4) is 0 Å². The van der Waals surface area contributed by atoms with E-state index in [1.165, 1.54) is 0 Å². The molecule has 1 aliphatic heterocycles. The molecule has 0 radical (unpaired) electrons. The van der Waals surface area contributed by atoms with Gasteiger partial charge in [-0.05, 0) is 23.6 Å². The van der Waals surface area contributed by atoms with Gasteiger partial charge in [-0.3, -0.25) is 9.59 Å². The second kappa shape index (κ2) is 3.96. The molecule has 1 atom stereocenters. The number of carboxylic acid groups (broad SMARTS) is 1. The summed E-state index contributed by atoms with van der Waals surface area (Å²) in [5.41, 5.74) is 2.43. The molecule has 16 heavy (non-hydrogen) atoms. The molecular formula is C12H13NO3. The molecule has 2 N–H and O–H groups in total. The van der Waals surface area contributed by atoms with E-state index in [9.17, 15) is 9.59 Å². The quantitative estimate of drug-likeness (QED) is 0.796. The lowest BCUT2D eigenvalue weighted by molar-refractivity contribution is -0.140. The Morgan fingerprint density at radius 2 is 2.31 bits per heavy atom. The van der Waals surface area contributed by atoms with Crippen molar-refractivity contribution >= 4 is 17.6 Å².